The van der Waals surface area contributed by atoms with Crippen molar-refractivity contribution in [2.75, 3.05) is 20.2 Å². The first-order valence-corrected chi connectivity index (χ1v) is 9.40. The highest BCUT2D eigenvalue weighted by Crippen LogP contribution is 2.52. The first-order valence-electron chi connectivity index (χ1n) is 8.58. The molecule has 1 aliphatic heterocycles. The molecule has 0 spiro atoms. The fourth-order valence-electron chi connectivity index (χ4n) is 3.87. The fourth-order valence-corrected chi connectivity index (χ4v) is 4.74. The summed E-state index contributed by atoms with van der Waals surface area (Å²) in [5.41, 5.74) is 0.171. The van der Waals surface area contributed by atoms with Crippen LogP contribution in [0.3, 0.4) is 0 Å². The Kier molecular flexibility index (Phi) is 6.90. The van der Waals surface area contributed by atoms with Gasteiger partial charge in [-0.1, -0.05) is 20.8 Å². The summed E-state index contributed by atoms with van der Waals surface area (Å²) in [7, 11) is 1.84. The van der Waals surface area contributed by atoms with Crippen LogP contribution in [-0.2, 0) is 17.6 Å². The van der Waals surface area contributed by atoms with E-state index in [4.69, 9.17) is 4.74 Å². The summed E-state index contributed by atoms with van der Waals surface area (Å²) in [5.74, 6) is 1.51. The second-order valence-corrected chi connectivity index (χ2v) is 8.21. The average Bonchev–Trinajstić information content (AvgIpc) is 3.18. The lowest BCUT2D eigenvalue weighted by molar-refractivity contribution is -0.106. The Morgan fingerprint density at radius 2 is 2.29 bits per heavy atom. The molecule has 0 aromatic carbocycles. The zero-order valence-corrected chi connectivity index (χ0v) is 18.1. The minimum Gasteiger partial charge on any atom is -0.377 e. The largest absolute Gasteiger partial charge is 0.377 e. The van der Waals surface area contributed by atoms with E-state index in [1.54, 1.807) is 11.3 Å². The molecule has 3 atom stereocenters. The van der Waals surface area contributed by atoms with Crippen LogP contribution in [0.4, 0.5) is 0 Å². The van der Waals surface area contributed by atoms with Gasteiger partial charge in [0, 0.05) is 55.1 Å². The molecular formula is C17H29IN4OS. The number of nitrogens with one attached hydrogen (secondary N) is 2. The molecule has 24 heavy (non-hydrogen) atoms. The number of halogens is 1. The van der Waals surface area contributed by atoms with Crippen molar-refractivity contribution >= 4 is 41.3 Å². The molecule has 1 saturated heterocycles. The van der Waals surface area contributed by atoms with Crippen molar-refractivity contribution < 1.29 is 4.74 Å². The lowest BCUT2D eigenvalue weighted by Gasteiger charge is -2.54. The van der Waals surface area contributed by atoms with Gasteiger partial charge < -0.3 is 15.4 Å². The Hall–Kier alpha value is -0.410. The molecule has 2 fully saturated rings. The highest BCUT2D eigenvalue weighted by atomic mass is 127. The first kappa shape index (κ1) is 19.9. The smallest absolute Gasteiger partial charge is 0.191 e. The third-order valence-electron chi connectivity index (χ3n) is 5.20. The van der Waals surface area contributed by atoms with E-state index in [1.165, 1.54) is 9.88 Å². The Bertz CT molecular complexity index is 575. The Morgan fingerprint density at radius 1 is 1.50 bits per heavy atom. The Balaban J connectivity index is 0.00000208. The summed E-state index contributed by atoms with van der Waals surface area (Å²) in [5, 5.41) is 8.23. The number of hydrogen-bond acceptors (Lipinski definition) is 4. The zero-order chi connectivity index (χ0) is 16.4. The van der Waals surface area contributed by atoms with Gasteiger partial charge in [-0.2, -0.15) is 0 Å². The number of hydrogen-bond donors (Lipinski definition) is 2. The predicted molar refractivity (Wildman–Crippen MR) is 111 cm³/mol. The van der Waals surface area contributed by atoms with Crippen LogP contribution in [-0.4, -0.2) is 43.3 Å². The van der Waals surface area contributed by atoms with Crippen molar-refractivity contribution in [2.45, 2.75) is 52.2 Å². The van der Waals surface area contributed by atoms with Crippen LogP contribution in [0.15, 0.2) is 11.2 Å². The standard InChI is InChI=1S/C17H28N4OS.HI/c1-5-11-10-20-13(23-11)6-8-19-16(18-4)21-14-12-7-9-22-15(12)17(14,2)3;/h10,12,14-15H,5-9H2,1-4H3,(H2,18,19,21);1H. The Labute approximate surface area is 166 Å². The summed E-state index contributed by atoms with van der Waals surface area (Å²) in [4.78, 5) is 10.2. The van der Waals surface area contributed by atoms with E-state index in [1.807, 2.05) is 13.2 Å². The number of fused-ring (bicyclic) bond motifs is 1. The number of guanidine groups is 1. The molecule has 5 nitrogen and oxygen atoms in total. The van der Waals surface area contributed by atoms with Crippen molar-refractivity contribution in [1.29, 1.82) is 0 Å². The van der Waals surface area contributed by atoms with Crippen LogP contribution in [0.25, 0.3) is 0 Å². The van der Waals surface area contributed by atoms with Gasteiger partial charge >= 0.3 is 0 Å². The molecule has 0 amide bonds. The molecule has 1 aromatic rings. The van der Waals surface area contributed by atoms with E-state index in [-0.39, 0.29) is 29.4 Å². The quantitative estimate of drug-likeness (QED) is 0.400. The van der Waals surface area contributed by atoms with Crippen LogP contribution in [0.1, 0.15) is 37.1 Å². The molecule has 0 radical (unpaired) electrons. The number of ether oxygens (including phenoxy) is 1. The van der Waals surface area contributed by atoms with Crippen LogP contribution in [0, 0.1) is 11.3 Å². The molecule has 2 heterocycles. The van der Waals surface area contributed by atoms with Crippen molar-refractivity contribution in [3.63, 3.8) is 0 Å². The third kappa shape index (κ3) is 3.88. The number of rotatable bonds is 5. The van der Waals surface area contributed by atoms with Crippen molar-refractivity contribution in [3.05, 3.63) is 16.1 Å². The topological polar surface area (TPSA) is 58.5 Å². The minimum atomic E-state index is 0. The molecule has 3 rings (SSSR count). The summed E-state index contributed by atoms with van der Waals surface area (Å²) in [6.07, 6.45) is 5.55. The lowest BCUT2D eigenvalue weighted by Crippen LogP contribution is -2.68. The molecule has 136 valence electrons. The fraction of sp³-hybridized carbons (Fsp3) is 0.765. The number of aryl methyl sites for hydroxylation is 1. The number of thiazole rings is 1. The molecular weight excluding hydrogens is 435 g/mol. The van der Waals surface area contributed by atoms with Crippen molar-refractivity contribution in [2.24, 2.45) is 16.3 Å². The summed E-state index contributed by atoms with van der Waals surface area (Å²) >= 11 is 1.81. The summed E-state index contributed by atoms with van der Waals surface area (Å²) in [6, 6.07) is 0.438. The molecule has 2 aliphatic rings. The monoisotopic (exact) mass is 464 g/mol. The van der Waals surface area contributed by atoms with Gasteiger partial charge in [-0.15, -0.1) is 35.3 Å². The zero-order valence-electron chi connectivity index (χ0n) is 15.0. The van der Waals surface area contributed by atoms with E-state index < -0.39 is 0 Å². The number of nitrogens with zero attached hydrogens (tertiary/aromatic N) is 2. The molecule has 7 heteroatoms. The molecule has 3 unspecified atom stereocenters. The van der Waals surface area contributed by atoms with Gasteiger partial charge in [-0.25, -0.2) is 4.98 Å². The van der Waals surface area contributed by atoms with Crippen molar-refractivity contribution in [1.82, 2.24) is 15.6 Å². The maximum absolute atomic E-state index is 5.86. The average molecular weight is 464 g/mol. The second-order valence-electron chi connectivity index (χ2n) is 7.01. The normalized spacial score (nSPS) is 27.8. The van der Waals surface area contributed by atoms with Gasteiger partial charge in [0.15, 0.2) is 5.96 Å². The van der Waals surface area contributed by atoms with E-state index in [2.05, 4.69) is 41.4 Å². The van der Waals surface area contributed by atoms with Crippen LogP contribution >= 0.6 is 35.3 Å². The van der Waals surface area contributed by atoms with Gasteiger partial charge in [0.2, 0.25) is 0 Å². The van der Waals surface area contributed by atoms with E-state index >= 15 is 0 Å². The second kappa shape index (κ2) is 8.31. The molecule has 0 bridgehead atoms. The van der Waals surface area contributed by atoms with Crippen LogP contribution in [0.2, 0.25) is 0 Å². The van der Waals surface area contributed by atoms with Gasteiger partial charge in [0.1, 0.15) is 0 Å². The van der Waals surface area contributed by atoms with Crippen LogP contribution in [0.5, 0.6) is 0 Å². The van der Waals surface area contributed by atoms with Gasteiger partial charge in [-0.3, -0.25) is 4.99 Å². The van der Waals surface area contributed by atoms with Gasteiger partial charge in [0.25, 0.3) is 0 Å². The van der Waals surface area contributed by atoms with Crippen LogP contribution < -0.4 is 10.6 Å². The highest BCUT2D eigenvalue weighted by molar-refractivity contribution is 14.0. The van der Waals surface area contributed by atoms with Gasteiger partial charge in [0.05, 0.1) is 11.1 Å². The number of aliphatic imine (C=N–C) groups is 1. The summed E-state index contributed by atoms with van der Waals surface area (Å²) < 4.78 is 5.86. The maximum atomic E-state index is 5.86. The highest BCUT2D eigenvalue weighted by Gasteiger charge is 2.59. The lowest BCUT2D eigenvalue weighted by atomic mass is 9.57. The SMILES string of the molecule is CCc1cnc(CCNC(=NC)NC2C3CCOC3C2(C)C)s1.I. The first-order chi connectivity index (χ1) is 11.1. The van der Waals surface area contributed by atoms with E-state index in [0.717, 1.165) is 38.4 Å². The molecule has 1 aromatic heterocycles. The maximum Gasteiger partial charge on any atom is 0.191 e. The minimum absolute atomic E-state index is 0. The third-order valence-corrected chi connectivity index (χ3v) is 6.40. The molecule has 2 N–H and O–H groups in total. The predicted octanol–water partition coefficient (Wildman–Crippen LogP) is 2.84. The summed E-state index contributed by atoms with van der Waals surface area (Å²) in [6.45, 7) is 8.49. The van der Waals surface area contributed by atoms with Gasteiger partial charge in [-0.05, 0) is 12.8 Å². The van der Waals surface area contributed by atoms with E-state index in [9.17, 15) is 0 Å². The van der Waals surface area contributed by atoms with Crippen molar-refractivity contribution in [3.8, 4) is 0 Å². The molecule has 1 saturated carbocycles. The Morgan fingerprint density at radius 3 is 2.96 bits per heavy atom. The molecule has 1 aliphatic carbocycles. The number of aromatic nitrogens is 1. The van der Waals surface area contributed by atoms with E-state index in [0.29, 0.717) is 18.1 Å².